The number of nitrogens with two attached hydrogens (primary N) is 1. The molecule has 0 aliphatic rings. The molecule has 3 nitrogen and oxygen atoms in total. The molecule has 0 aromatic heterocycles. The highest BCUT2D eigenvalue weighted by molar-refractivity contribution is 7.98. The predicted octanol–water partition coefficient (Wildman–Crippen LogP) is 2.89. The molecular weight excluding hydrogens is 230 g/mol. The molecule has 0 amide bonds. The zero-order chi connectivity index (χ0) is 12.1. The third kappa shape index (κ3) is 3.26. The van der Waals surface area contributed by atoms with Crippen LogP contribution >= 0.6 is 11.9 Å². The van der Waals surface area contributed by atoms with Crippen molar-refractivity contribution in [2.45, 2.75) is 4.90 Å². The van der Waals surface area contributed by atoms with E-state index in [0.29, 0.717) is 11.5 Å². The van der Waals surface area contributed by atoms with Crippen LogP contribution in [0.5, 0.6) is 0 Å². The lowest BCUT2D eigenvalue weighted by molar-refractivity contribution is 1.34. The van der Waals surface area contributed by atoms with Gasteiger partial charge in [0.2, 0.25) is 0 Å². The van der Waals surface area contributed by atoms with E-state index in [4.69, 9.17) is 11.1 Å². The van der Waals surface area contributed by atoms with E-state index >= 15 is 0 Å². The van der Waals surface area contributed by atoms with Crippen molar-refractivity contribution in [2.75, 3.05) is 5.73 Å². The number of anilines is 1. The molecule has 2 aromatic carbocycles. The van der Waals surface area contributed by atoms with Gasteiger partial charge in [-0.1, -0.05) is 18.2 Å². The Balaban J connectivity index is 1.96. The van der Waals surface area contributed by atoms with Crippen molar-refractivity contribution in [1.82, 2.24) is 4.72 Å². The summed E-state index contributed by atoms with van der Waals surface area (Å²) in [6.45, 7) is 0. The van der Waals surface area contributed by atoms with Crippen LogP contribution in [0.15, 0.2) is 59.5 Å². The normalized spacial score (nSPS) is 9.88. The van der Waals surface area contributed by atoms with E-state index in [-0.39, 0.29) is 0 Å². The molecule has 0 atom stereocenters. The molecule has 2 rings (SSSR count). The second kappa shape index (κ2) is 5.41. The Kier molecular flexibility index (Phi) is 3.67. The van der Waals surface area contributed by atoms with Crippen molar-refractivity contribution in [3.05, 3.63) is 60.2 Å². The number of nitrogen functional groups attached to an aromatic ring is 1. The number of hydrogen-bond acceptors (Lipinski definition) is 3. The fourth-order valence-electron chi connectivity index (χ4n) is 1.31. The maximum absolute atomic E-state index is 7.88. The van der Waals surface area contributed by atoms with E-state index in [2.05, 4.69) is 4.72 Å². The first-order valence-electron chi connectivity index (χ1n) is 5.18. The van der Waals surface area contributed by atoms with E-state index < -0.39 is 0 Å². The summed E-state index contributed by atoms with van der Waals surface area (Å²) >= 11 is 1.42. The zero-order valence-electron chi connectivity index (χ0n) is 9.18. The molecule has 0 unspecified atom stereocenters. The standard InChI is InChI=1S/C13H13N3S/c14-11-8-6-10(7-9-11)13(15)16-17-12-4-2-1-3-5-12/h1-9H,14H2,(H2,15,16). The van der Waals surface area contributed by atoms with Gasteiger partial charge in [-0.2, -0.15) is 0 Å². The highest BCUT2D eigenvalue weighted by atomic mass is 32.2. The van der Waals surface area contributed by atoms with E-state index in [0.717, 1.165) is 10.5 Å². The van der Waals surface area contributed by atoms with E-state index in [1.165, 1.54) is 11.9 Å². The summed E-state index contributed by atoms with van der Waals surface area (Å²) in [7, 11) is 0. The van der Waals surface area contributed by atoms with Crippen LogP contribution in [0.1, 0.15) is 5.56 Å². The van der Waals surface area contributed by atoms with Gasteiger partial charge < -0.3 is 10.5 Å². The Morgan fingerprint density at radius 3 is 2.29 bits per heavy atom. The van der Waals surface area contributed by atoms with Crippen LogP contribution in [-0.4, -0.2) is 5.84 Å². The Hall–Kier alpha value is -1.94. The number of nitrogens with one attached hydrogen (secondary N) is 2. The summed E-state index contributed by atoms with van der Waals surface area (Å²) in [6.07, 6.45) is 0. The van der Waals surface area contributed by atoms with E-state index in [9.17, 15) is 0 Å². The topological polar surface area (TPSA) is 61.9 Å². The summed E-state index contributed by atoms with van der Waals surface area (Å²) < 4.78 is 2.99. The van der Waals surface area contributed by atoms with Crippen LogP contribution in [0.25, 0.3) is 0 Å². The maximum Gasteiger partial charge on any atom is 0.135 e. The molecule has 86 valence electrons. The molecule has 0 bridgehead atoms. The van der Waals surface area contributed by atoms with Crippen molar-refractivity contribution in [3.8, 4) is 0 Å². The van der Waals surface area contributed by atoms with Crippen LogP contribution < -0.4 is 10.5 Å². The fourth-order valence-corrected chi connectivity index (χ4v) is 1.94. The van der Waals surface area contributed by atoms with Gasteiger partial charge in [0.05, 0.1) is 0 Å². The lowest BCUT2D eigenvalue weighted by Gasteiger charge is -2.07. The second-order valence-electron chi connectivity index (χ2n) is 3.51. The average molecular weight is 243 g/mol. The van der Waals surface area contributed by atoms with Gasteiger partial charge in [0.25, 0.3) is 0 Å². The molecule has 0 aliphatic heterocycles. The van der Waals surface area contributed by atoms with Gasteiger partial charge in [-0.3, -0.25) is 5.41 Å². The summed E-state index contributed by atoms with van der Waals surface area (Å²) in [5.74, 6) is 0.374. The summed E-state index contributed by atoms with van der Waals surface area (Å²) in [4.78, 5) is 1.08. The third-order valence-electron chi connectivity index (χ3n) is 2.21. The Morgan fingerprint density at radius 1 is 1.00 bits per heavy atom. The third-order valence-corrected chi connectivity index (χ3v) is 3.03. The van der Waals surface area contributed by atoms with Gasteiger partial charge >= 0.3 is 0 Å². The SMILES string of the molecule is N=C(NSc1ccccc1)c1ccc(N)cc1. The minimum Gasteiger partial charge on any atom is -0.399 e. The fraction of sp³-hybridized carbons (Fsp3) is 0. The average Bonchev–Trinajstić information content (AvgIpc) is 2.38. The van der Waals surface area contributed by atoms with Gasteiger partial charge in [-0.25, -0.2) is 0 Å². The first-order valence-corrected chi connectivity index (χ1v) is 6.00. The van der Waals surface area contributed by atoms with Crippen LogP contribution in [-0.2, 0) is 0 Å². The van der Waals surface area contributed by atoms with Crippen LogP contribution in [0.3, 0.4) is 0 Å². The van der Waals surface area contributed by atoms with Gasteiger partial charge in [0.15, 0.2) is 0 Å². The van der Waals surface area contributed by atoms with Crippen molar-refractivity contribution in [3.63, 3.8) is 0 Å². The first-order chi connectivity index (χ1) is 8.25. The van der Waals surface area contributed by atoms with E-state index in [1.54, 1.807) is 12.1 Å². The second-order valence-corrected chi connectivity index (χ2v) is 4.39. The smallest absolute Gasteiger partial charge is 0.135 e. The Morgan fingerprint density at radius 2 is 1.65 bits per heavy atom. The Labute approximate surface area is 105 Å². The maximum atomic E-state index is 7.88. The molecule has 4 heteroatoms. The zero-order valence-corrected chi connectivity index (χ0v) is 10.00. The van der Waals surface area contributed by atoms with Crippen molar-refractivity contribution >= 4 is 23.5 Å². The molecule has 0 fully saturated rings. The highest BCUT2D eigenvalue weighted by Gasteiger charge is 2.01. The van der Waals surface area contributed by atoms with Crippen LogP contribution in [0.4, 0.5) is 5.69 Å². The van der Waals surface area contributed by atoms with Crippen molar-refractivity contribution in [1.29, 1.82) is 5.41 Å². The molecule has 0 saturated carbocycles. The lowest BCUT2D eigenvalue weighted by atomic mass is 10.2. The number of hydrogen-bond donors (Lipinski definition) is 3. The summed E-state index contributed by atoms with van der Waals surface area (Å²) in [5, 5.41) is 7.88. The highest BCUT2D eigenvalue weighted by Crippen LogP contribution is 2.14. The monoisotopic (exact) mass is 243 g/mol. The van der Waals surface area contributed by atoms with Gasteiger partial charge in [0, 0.05) is 16.1 Å². The molecular formula is C13H13N3S. The van der Waals surface area contributed by atoms with Gasteiger partial charge in [-0.05, 0) is 48.3 Å². The molecule has 0 heterocycles. The molecule has 0 spiro atoms. The molecule has 2 aromatic rings. The van der Waals surface area contributed by atoms with Crippen LogP contribution in [0.2, 0.25) is 0 Å². The predicted molar refractivity (Wildman–Crippen MR) is 73.1 cm³/mol. The number of rotatable bonds is 3. The summed E-state index contributed by atoms with van der Waals surface area (Å²) in [5.41, 5.74) is 7.12. The molecule has 0 saturated heterocycles. The van der Waals surface area contributed by atoms with Gasteiger partial charge in [0.1, 0.15) is 5.84 Å². The van der Waals surface area contributed by atoms with Crippen LogP contribution in [0, 0.1) is 5.41 Å². The minimum atomic E-state index is 0.374. The Bertz CT molecular complexity index is 494. The molecule has 0 radical (unpaired) electrons. The quantitative estimate of drug-likeness (QED) is 0.336. The van der Waals surface area contributed by atoms with Crippen molar-refractivity contribution in [2.24, 2.45) is 0 Å². The summed E-state index contributed by atoms with van der Waals surface area (Å²) in [6, 6.07) is 17.1. The lowest BCUT2D eigenvalue weighted by Crippen LogP contribution is -2.15. The number of amidine groups is 1. The molecule has 4 N–H and O–H groups in total. The molecule has 0 aliphatic carbocycles. The van der Waals surface area contributed by atoms with E-state index in [1.807, 2.05) is 42.5 Å². The molecule has 17 heavy (non-hydrogen) atoms. The van der Waals surface area contributed by atoms with Gasteiger partial charge in [-0.15, -0.1) is 0 Å². The largest absolute Gasteiger partial charge is 0.399 e. The number of benzene rings is 2. The minimum absolute atomic E-state index is 0.374. The first kappa shape index (κ1) is 11.5. The van der Waals surface area contributed by atoms with Crippen molar-refractivity contribution < 1.29 is 0 Å².